The summed E-state index contributed by atoms with van der Waals surface area (Å²) in [7, 11) is 0. The zero-order valence-electron chi connectivity index (χ0n) is 14.5. The molecule has 0 unspecified atom stereocenters. The number of halogens is 2. The molecule has 0 aliphatic carbocycles. The summed E-state index contributed by atoms with van der Waals surface area (Å²) < 4.78 is 15.3. The van der Waals surface area contributed by atoms with Crippen LogP contribution in [0.3, 0.4) is 0 Å². The molecule has 146 valence electrons. The number of carbonyl (C=O) groups excluding carboxylic acids is 1. The molecule has 0 saturated carbocycles. The van der Waals surface area contributed by atoms with E-state index in [-0.39, 0.29) is 47.9 Å². The monoisotopic (exact) mass is 407 g/mol. The first-order chi connectivity index (χ1) is 13.3. The lowest BCUT2D eigenvalue weighted by Gasteiger charge is -2.33. The average Bonchev–Trinajstić information content (AvgIpc) is 2.68. The van der Waals surface area contributed by atoms with E-state index < -0.39 is 28.4 Å². The van der Waals surface area contributed by atoms with E-state index in [0.717, 1.165) is 17.0 Å². The number of benzene rings is 2. The van der Waals surface area contributed by atoms with Crippen molar-refractivity contribution in [3.05, 3.63) is 62.9 Å². The molecule has 1 N–H and O–H groups in total. The van der Waals surface area contributed by atoms with Gasteiger partial charge in [0.1, 0.15) is 0 Å². The Morgan fingerprint density at radius 1 is 1.07 bits per heavy atom. The number of nitro groups is 1. The number of carboxylic acid groups (broad SMARTS) is 1. The van der Waals surface area contributed by atoms with Gasteiger partial charge in [-0.25, -0.2) is 9.18 Å². The second-order valence-corrected chi connectivity index (χ2v) is 6.53. The van der Waals surface area contributed by atoms with E-state index in [2.05, 4.69) is 0 Å². The van der Waals surface area contributed by atoms with Crippen LogP contribution in [-0.4, -0.2) is 58.0 Å². The molecule has 10 heteroatoms. The van der Waals surface area contributed by atoms with Gasteiger partial charge in [-0.05, 0) is 12.1 Å². The molecule has 3 rings (SSSR count). The van der Waals surface area contributed by atoms with E-state index >= 15 is 4.39 Å². The van der Waals surface area contributed by atoms with Crippen molar-refractivity contribution >= 4 is 29.3 Å². The Hall–Kier alpha value is -3.20. The summed E-state index contributed by atoms with van der Waals surface area (Å²) in [5, 5.41) is 20.5. The predicted octanol–water partition coefficient (Wildman–Crippen LogP) is 3.49. The molecule has 1 fully saturated rings. The molecular formula is C18H15ClFN3O5. The number of amides is 2. The lowest BCUT2D eigenvalue weighted by molar-refractivity contribution is -0.384. The van der Waals surface area contributed by atoms with Crippen molar-refractivity contribution in [2.45, 2.75) is 0 Å². The third-order valence-electron chi connectivity index (χ3n) is 4.53. The molecule has 1 heterocycles. The van der Waals surface area contributed by atoms with E-state index in [4.69, 9.17) is 16.7 Å². The molecular weight excluding hydrogens is 393 g/mol. The highest BCUT2D eigenvalue weighted by atomic mass is 35.5. The lowest BCUT2D eigenvalue weighted by Crippen LogP contribution is -2.50. The lowest BCUT2D eigenvalue weighted by atomic mass is 9.99. The van der Waals surface area contributed by atoms with Crippen molar-refractivity contribution in [2.75, 3.05) is 26.2 Å². The zero-order chi connectivity index (χ0) is 20.4. The maximum absolute atomic E-state index is 15.3. The van der Waals surface area contributed by atoms with Crippen LogP contribution >= 0.6 is 11.6 Å². The van der Waals surface area contributed by atoms with Crippen LogP contribution in [0.4, 0.5) is 14.9 Å². The van der Waals surface area contributed by atoms with Crippen molar-refractivity contribution in [3.8, 4) is 11.1 Å². The maximum Gasteiger partial charge on any atom is 0.407 e. The molecule has 0 atom stereocenters. The van der Waals surface area contributed by atoms with Gasteiger partial charge in [0, 0.05) is 42.8 Å². The molecule has 8 nitrogen and oxygen atoms in total. The Morgan fingerprint density at radius 2 is 1.68 bits per heavy atom. The molecule has 28 heavy (non-hydrogen) atoms. The van der Waals surface area contributed by atoms with E-state index in [0.29, 0.717) is 0 Å². The summed E-state index contributed by atoms with van der Waals surface area (Å²) in [6, 6.07) is 8.21. The normalized spacial score (nSPS) is 14.1. The third-order valence-corrected chi connectivity index (χ3v) is 4.86. The number of nitro benzene ring substituents is 1. The Morgan fingerprint density at radius 3 is 2.25 bits per heavy atom. The maximum atomic E-state index is 15.3. The first-order valence-electron chi connectivity index (χ1n) is 8.30. The van der Waals surface area contributed by atoms with E-state index in [1.54, 1.807) is 12.1 Å². The van der Waals surface area contributed by atoms with Crippen molar-refractivity contribution in [1.29, 1.82) is 0 Å². The SMILES string of the molecule is O=C(O)N1CCN(C(=O)c2ccc([N+](=O)[O-])c(-c3ccccc3Cl)c2F)CC1. The van der Waals surface area contributed by atoms with E-state index in [1.165, 1.54) is 17.0 Å². The Labute approximate surface area is 163 Å². The highest BCUT2D eigenvalue weighted by Crippen LogP contribution is 2.38. The molecule has 0 radical (unpaired) electrons. The van der Waals surface area contributed by atoms with Crippen molar-refractivity contribution < 1.29 is 24.0 Å². The summed E-state index contributed by atoms with van der Waals surface area (Å²) >= 11 is 6.09. The minimum atomic E-state index is -1.09. The van der Waals surface area contributed by atoms with E-state index in [1.807, 2.05) is 0 Å². The molecule has 2 aromatic rings. The second-order valence-electron chi connectivity index (χ2n) is 6.12. The molecule has 2 amide bonds. The molecule has 1 aliphatic rings. The summed E-state index contributed by atoms with van der Waals surface area (Å²) in [6.45, 7) is 0.409. The van der Waals surface area contributed by atoms with Gasteiger partial charge in [-0.1, -0.05) is 29.8 Å². The van der Waals surface area contributed by atoms with Gasteiger partial charge in [0.2, 0.25) is 0 Å². The fourth-order valence-corrected chi connectivity index (χ4v) is 3.30. The standard InChI is InChI=1S/C18H15ClFN3O5/c19-13-4-2-1-3-11(13)15-14(23(27)28)6-5-12(16(15)20)17(24)21-7-9-22(10-8-21)18(25)26/h1-6H,7-10H2,(H,25,26). The van der Waals surface area contributed by atoms with Crippen LogP contribution in [0.1, 0.15) is 10.4 Å². The Kier molecular flexibility index (Phi) is 5.46. The number of nitrogens with zero attached hydrogens (tertiary/aromatic N) is 3. The van der Waals surface area contributed by atoms with Gasteiger partial charge in [0.15, 0.2) is 5.82 Å². The largest absolute Gasteiger partial charge is 0.465 e. The van der Waals surface area contributed by atoms with Crippen molar-refractivity contribution in [2.24, 2.45) is 0 Å². The molecule has 0 bridgehead atoms. The highest BCUT2D eigenvalue weighted by Gasteiger charge is 2.30. The smallest absolute Gasteiger partial charge is 0.407 e. The summed E-state index contributed by atoms with van der Waals surface area (Å²) in [5.74, 6) is -1.70. The second kappa shape index (κ2) is 7.81. The summed E-state index contributed by atoms with van der Waals surface area (Å²) in [5.41, 5.74) is -1.08. The number of hydrogen-bond donors (Lipinski definition) is 1. The summed E-state index contributed by atoms with van der Waals surface area (Å²) in [4.78, 5) is 36.9. The molecule has 2 aromatic carbocycles. The zero-order valence-corrected chi connectivity index (χ0v) is 15.2. The van der Waals surface area contributed by atoms with Gasteiger partial charge in [-0.3, -0.25) is 14.9 Å². The van der Waals surface area contributed by atoms with Crippen LogP contribution in [0.2, 0.25) is 5.02 Å². The van der Waals surface area contributed by atoms with Crippen molar-refractivity contribution in [1.82, 2.24) is 9.80 Å². The van der Waals surface area contributed by atoms with Crippen molar-refractivity contribution in [3.63, 3.8) is 0 Å². The van der Waals surface area contributed by atoms with Crippen LogP contribution in [0.15, 0.2) is 36.4 Å². The molecule has 1 saturated heterocycles. The van der Waals surface area contributed by atoms with Crippen LogP contribution in [0.25, 0.3) is 11.1 Å². The Balaban J connectivity index is 2.01. The summed E-state index contributed by atoms with van der Waals surface area (Å²) in [6.07, 6.45) is -1.09. The van der Waals surface area contributed by atoms with Crippen LogP contribution in [0.5, 0.6) is 0 Å². The number of piperazine rings is 1. The highest BCUT2D eigenvalue weighted by molar-refractivity contribution is 6.33. The van der Waals surface area contributed by atoms with Gasteiger partial charge >= 0.3 is 6.09 Å². The van der Waals surface area contributed by atoms with Gasteiger partial charge in [-0.2, -0.15) is 0 Å². The van der Waals surface area contributed by atoms with Crippen LogP contribution < -0.4 is 0 Å². The quantitative estimate of drug-likeness (QED) is 0.619. The predicted molar refractivity (Wildman–Crippen MR) is 99.0 cm³/mol. The number of carbonyl (C=O) groups is 2. The fourth-order valence-electron chi connectivity index (χ4n) is 3.07. The topological polar surface area (TPSA) is 104 Å². The minimum absolute atomic E-state index is 0.100. The molecule has 0 spiro atoms. The van der Waals surface area contributed by atoms with Gasteiger partial charge in [0.25, 0.3) is 11.6 Å². The van der Waals surface area contributed by atoms with Crippen LogP contribution in [-0.2, 0) is 0 Å². The van der Waals surface area contributed by atoms with Gasteiger partial charge in [0.05, 0.1) is 16.1 Å². The van der Waals surface area contributed by atoms with Gasteiger partial charge < -0.3 is 14.9 Å². The van der Waals surface area contributed by atoms with E-state index in [9.17, 15) is 19.7 Å². The minimum Gasteiger partial charge on any atom is -0.465 e. The number of rotatable bonds is 3. The number of hydrogen-bond acceptors (Lipinski definition) is 4. The Bertz CT molecular complexity index is 960. The first-order valence-corrected chi connectivity index (χ1v) is 8.68. The molecule has 1 aliphatic heterocycles. The fraction of sp³-hybridized carbons (Fsp3) is 0.222. The molecule has 0 aromatic heterocycles. The van der Waals surface area contributed by atoms with Crippen LogP contribution in [0, 0.1) is 15.9 Å². The first kappa shape index (κ1) is 19.6. The third kappa shape index (κ3) is 3.61. The average molecular weight is 408 g/mol. The van der Waals surface area contributed by atoms with Gasteiger partial charge in [-0.15, -0.1) is 0 Å².